The van der Waals surface area contributed by atoms with Crippen LogP contribution in [0, 0.1) is 5.82 Å². The van der Waals surface area contributed by atoms with Crippen LogP contribution in [0.1, 0.15) is 50.6 Å². The molecule has 1 heterocycles. The molecule has 0 spiro atoms. The second-order valence-corrected chi connectivity index (χ2v) is 15.3. The summed E-state index contributed by atoms with van der Waals surface area (Å²) in [4.78, 5) is 4.65. The van der Waals surface area contributed by atoms with Gasteiger partial charge in [-0.05, 0) is 60.8 Å². The quantitative estimate of drug-likeness (QED) is 0.345. The highest BCUT2D eigenvalue weighted by Gasteiger charge is 2.39. The first kappa shape index (κ1) is 25.3. The molecule has 0 aliphatic rings. The van der Waals surface area contributed by atoms with Gasteiger partial charge in [0, 0.05) is 6.20 Å². The molecule has 1 aromatic heterocycles. The molecule has 1 N–H and O–H groups in total. The maximum Gasteiger partial charge on any atom is 0.192 e. The normalized spacial score (nSPS) is 15.1. The van der Waals surface area contributed by atoms with E-state index in [0.29, 0.717) is 18.6 Å². The maximum absolute atomic E-state index is 14.7. The van der Waals surface area contributed by atoms with Gasteiger partial charge in [-0.25, -0.2) is 4.39 Å². The van der Waals surface area contributed by atoms with Crippen LogP contribution in [0.25, 0.3) is 0 Å². The Labute approximate surface area is 199 Å². The van der Waals surface area contributed by atoms with Crippen LogP contribution in [-0.2, 0) is 16.4 Å². The van der Waals surface area contributed by atoms with E-state index in [1.807, 2.05) is 48.5 Å². The highest BCUT2D eigenvalue weighted by molar-refractivity contribution is 6.74. The van der Waals surface area contributed by atoms with E-state index >= 15 is 0 Å². The number of aromatic nitrogens is 1. The Kier molecular flexibility index (Phi) is 7.88. The molecular formula is C28H37FN2OSi. The second kappa shape index (κ2) is 10.3. The molecule has 5 heteroatoms. The van der Waals surface area contributed by atoms with Gasteiger partial charge < -0.3 is 4.43 Å². The highest BCUT2D eigenvalue weighted by Crippen LogP contribution is 2.38. The molecule has 0 radical (unpaired) electrons. The van der Waals surface area contributed by atoms with Gasteiger partial charge in [0.2, 0.25) is 0 Å². The van der Waals surface area contributed by atoms with Crippen LogP contribution >= 0.6 is 0 Å². The average Bonchev–Trinajstić information content (AvgIpc) is 2.79. The van der Waals surface area contributed by atoms with Gasteiger partial charge in [-0.3, -0.25) is 10.3 Å². The summed E-state index contributed by atoms with van der Waals surface area (Å²) in [7, 11) is -1.95. The van der Waals surface area contributed by atoms with Gasteiger partial charge in [-0.15, -0.1) is 0 Å². The molecular weight excluding hydrogens is 427 g/mol. The zero-order chi connectivity index (χ0) is 24.1. The van der Waals surface area contributed by atoms with E-state index in [9.17, 15) is 4.39 Å². The fourth-order valence-electron chi connectivity index (χ4n) is 3.73. The molecule has 33 heavy (non-hydrogen) atoms. The van der Waals surface area contributed by atoms with E-state index in [0.717, 1.165) is 11.3 Å². The Balaban J connectivity index is 1.97. The van der Waals surface area contributed by atoms with Crippen molar-refractivity contribution >= 4 is 8.32 Å². The molecule has 0 saturated heterocycles. The lowest BCUT2D eigenvalue weighted by Crippen LogP contribution is -2.48. The minimum Gasteiger partial charge on any atom is -0.415 e. The third-order valence-electron chi connectivity index (χ3n) is 6.84. The van der Waals surface area contributed by atoms with Crippen molar-refractivity contribution in [1.29, 1.82) is 0 Å². The number of rotatable bonds is 9. The lowest BCUT2D eigenvalue weighted by atomic mass is 9.87. The molecule has 0 aliphatic heterocycles. The van der Waals surface area contributed by atoms with Crippen LogP contribution < -0.4 is 5.32 Å². The van der Waals surface area contributed by atoms with Crippen LogP contribution in [0.15, 0.2) is 79.0 Å². The van der Waals surface area contributed by atoms with Gasteiger partial charge in [-0.1, -0.05) is 75.4 Å². The molecule has 0 amide bonds. The predicted molar refractivity (Wildman–Crippen MR) is 137 cm³/mol. The van der Waals surface area contributed by atoms with Gasteiger partial charge in [0.05, 0.1) is 23.9 Å². The largest absolute Gasteiger partial charge is 0.415 e. The van der Waals surface area contributed by atoms with Crippen LogP contribution in [0.5, 0.6) is 0 Å². The molecule has 3 nitrogen and oxygen atoms in total. The number of hydrogen-bond donors (Lipinski definition) is 1. The zero-order valence-corrected chi connectivity index (χ0v) is 21.7. The molecule has 2 atom stereocenters. The van der Waals surface area contributed by atoms with Crippen molar-refractivity contribution in [2.75, 3.05) is 6.61 Å². The molecule has 2 aromatic carbocycles. The van der Waals surface area contributed by atoms with Gasteiger partial charge in [0.25, 0.3) is 0 Å². The first-order valence-corrected chi connectivity index (χ1v) is 14.5. The van der Waals surface area contributed by atoms with Crippen molar-refractivity contribution in [2.45, 2.75) is 63.8 Å². The van der Waals surface area contributed by atoms with Gasteiger partial charge in [0.1, 0.15) is 5.82 Å². The Morgan fingerprint density at radius 1 is 0.909 bits per heavy atom. The number of hydrogen-bond acceptors (Lipinski definition) is 3. The minimum absolute atomic E-state index is 0.0703. The number of halogens is 1. The number of nitrogens with zero attached hydrogens (tertiary/aromatic N) is 1. The van der Waals surface area contributed by atoms with Crippen LogP contribution in [0.2, 0.25) is 18.1 Å². The molecule has 0 fully saturated rings. The lowest BCUT2D eigenvalue weighted by molar-refractivity contribution is 0.203. The smallest absolute Gasteiger partial charge is 0.192 e. The second-order valence-electron chi connectivity index (χ2n) is 10.5. The summed E-state index contributed by atoms with van der Waals surface area (Å²) in [5.41, 5.74) is 2.09. The number of pyridine rings is 1. The van der Waals surface area contributed by atoms with E-state index in [4.69, 9.17) is 4.43 Å². The molecule has 0 bridgehead atoms. The summed E-state index contributed by atoms with van der Waals surface area (Å²) >= 11 is 0. The van der Waals surface area contributed by atoms with Crippen LogP contribution in [0.3, 0.4) is 0 Å². The Hall–Kier alpha value is -2.34. The van der Waals surface area contributed by atoms with Crippen molar-refractivity contribution in [3.63, 3.8) is 0 Å². The zero-order valence-electron chi connectivity index (χ0n) is 20.7. The topological polar surface area (TPSA) is 34.1 Å². The number of nitrogens with one attached hydrogen (secondary N) is 1. The maximum atomic E-state index is 14.7. The highest BCUT2D eigenvalue weighted by atomic mass is 28.4. The third-order valence-corrected chi connectivity index (χ3v) is 11.3. The summed E-state index contributed by atoms with van der Waals surface area (Å²) < 4.78 is 21.3. The lowest BCUT2D eigenvalue weighted by Gasteiger charge is -2.40. The molecule has 0 unspecified atom stereocenters. The monoisotopic (exact) mass is 464 g/mol. The molecule has 3 aromatic rings. The van der Waals surface area contributed by atoms with Gasteiger partial charge >= 0.3 is 0 Å². The SMILES string of the molecule is CC(C)(C)[Si](C)(C)OC[C@@H](N[C@@](C)(Cc1ccccc1F)c1ccccn1)c1ccccc1. The minimum atomic E-state index is -1.95. The Bertz CT molecular complexity index is 1020. The van der Waals surface area contributed by atoms with E-state index in [1.54, 1.807) is 12.3 Å². The van der Waals surface area contributed by atoms with Gasteiger partial charge in [0.15, 0.2) is 8.32 Å². The van der Waals surface area contributed by atoms with Crippen LogP contribution in [-0.4, -0.2) is 19.9 Å². The van der Waals surface area contributed by atoms with Crippen molar-refractivity contribution in [3.8, 4) is 0 Å². The third kappa shape index (κ3) is 6.37. The summed E-state index contributed by atoms with van der Waals surface area (Å²) in [6, 6.07) is 23.1. The fourth-order valence-corrected chi connectivity index (χ4v) is 4.74. The molecule has 0 aliphatic carbocycles. The van der Waals surface area contributed by atoms with Crippen molar-refractivity contribution in [1.82, 2.24) is 10.3 Å². The predicted octanol–water partition coefficient (Wildman–Crippen LogP) is 7.03. The summed E-state index contributed by atoms with van der Waals surface area (Å²) in [6.45, 7) is 13.9. The summed E-state index contributed by atoms with van der Waals surface area (Å²) in [5.74, 6) is -0.199. The first-order valence-electron chi connectivity index (χ1n) is 11.6. The standard InChI is InChI=1S/C28H37FN2OSi/c1-27(2,3)33(5,6)32-21-25(22-14-8-7-9-15-22)31-28(4,26-18-12-13-19-30-26)20-23-16-10-11-17-24(23)29/h7-19,25,31H,20-21H2,1-6H3/t25-,28+/m1/s1. The fraction of sp³-hybridized carbons (Fsp3) is 0.393. The number of benzene rings is 2. The van der Waals surface area contributed by atoms with E-state index in [-0.39, 0.29) is 16.9 Å². The van der Waals surface area contributed by atoms with Crippen molar-refractivity contribution in [2.24, 2.45) is 0 Å². The first-order chi connectivity index (χ1) is 15.5. The molecule has 176 valence electrons. The Morgan fingerprint density at radius 3 is 2.15 bits per heavy atom. The van der Waals surface area contributed by atoms with Crippen LogP contribution in [0.4, 0.5) is 4.39 Å². The summed E-state index contributed by atoms with van der Waals surface area (Å²) in [6.07, 6.45) is 2.26. The van der Waals surface area contributed by atoms with Gasteiger partial charge in [-0.2, -0.15) is 0 Å². The molecule has 0 saturated carbocycles. The van der Waals surface area contributed by atoms with Crippen molar-refractivity contribution < 1.29 is 8.82 Å². The summed E-state index contributed by atoms with van der Waals surface area (Å²) in [5, 5.41) is 3.95. The van der Waals surface area contributed by atoms with E-state index < -0.39 is 13.9 Å². The van der Waals surface area contributed by atoms with E-state index in [2.05, 4.69) is 63.2 Å². The van der Waals surface area contributed by atoms with Crippen molar-refractivity contribution in [3.05, 3.63) is 102 Å². The molecule has 3 rings (SSSR count). The van der Waals surface area contributed by atoms with E-state index in [1.165, 1.54) is 6.07 Å². The average molecular weight is 465 g/mol. The Morgan fingerprint density at radius 2 is 1.55 bits per heavy atom.